The van der Waals surface area contributed by atoms with E-state index >= 15 is 0 Å². The lowest BCUT2D eigenvalue weighted by Gasteiger charge is -2.24. The summed E-state index contributed by atoms with van der Waals surface area (Å²) >= 11 is 1.88. The van der Waals surface area contributed by atoms with Gasteiger partial charge in [-0.05, 0) is 30.7 Å². The summed E-state index contributed by atoms with van der Waals surface area (Å²) in [5.41, 5.74) is 1.05. The number of methoxy groups -OCH3 is 1. The van der Waals surface area contributed by atoms with Gasteiger partial charge in [-0.2, -0.15) is 11.8 Å². The van der Waals surface area contributed by atoms with Crippen molar-refractivity contribution in [2.24, 2.45) is 0 Å². The molecule has 2 heterocycles. The van der Waals surface area contributed by atoms with E-state index in [1.165, 1.54) is 11.8 Å². The zero-order chi connectivity index (χ0) is 16.2. The molecule has 6 nitrogen and oxygen atoms in total. The second-order valence-electron chi connectivity index (χ2n) is 5.18. The van der Waals surface area contributed by atoms with Gasteiger partial charge < -0.3 is 19.1 Å². The number of nitrogens with zero attached hydrogens (tertiary/aromatic N) is 1. The summed E-state index contributed by atoms with van der Waals surface area (Å²) in [6, 6.07) is 6.85. The Hall–Kier alpha value is -2.15. The fourth-order valence-electron chi connectivity index (χ4n) is 2.51. The number of ether oxygens (including phenoxy) is 2. The van der Waals surface area contributed by atoms with Gasteiger partial charge in [-0.3, -0.25) is 0 Å². The number of rotatable bonds is 5. The Balaban J connectivity index is 1.90. The number of carboxylic acids is 1. The van der Waals surface area contributed by atoms with Gasteiger partial charge >= 0.3 is 5.97 Å². The Labute approximate surface area is 137 Å². The van der Waals surface area contributed by atoms with E-state index in [0.29, 0.717) is 22.8 Å². The zero-order valence-electron chi connectivity index (χ0n) is 12.7. The van der Waals surface area contributed by atoms with Crippen molar-refractivity contribution in [3.63, 3.8) is 0 Å². The topological polar surface area (TPSA) is 81.8 Å². The summed E-state index contributed by atoms with van der Waals surface area (Å²) in [6.45, 7) is 0. The zero-order valence-corrected chi connectivity index (χ0v) is 13.5. The molecule has 1 aromatic heterocycles. The second-order valence-corrected chi connectivity index (χ2v) is 6.33. The molecule has 23 heavy (non-hydrogen) atoms. The van der Waals surface area contributed by atoms with Crippen LogP contribution in [0, 0.1) is 0 Å². The average molecular weight is 335 g/mol. The molecule has 1 fully saturated rings. The predicted molar refractivity (Wildman–Crippen MR) is 86.4 cm³/mol. The molecule has 0 bridgehead atoms. The Bertz CT molecular complexity index is 694. The minimum absolute atomic E-state index is 0.157. The molecule has 0 amide bonds. The maximum absolute atomic E-state index is 10.9. The molecule has 0 aliphatic carbocycles. The van der Waals surface area contributed by atoms with Crippen LogP contribution in [0.1, 0.15) is 23.4 Å². The van der Waals surface area contributed by atoms with Crippen LogP contribution in [0.4, 0.5) is 0 Å². The highest BCUT2D eigenvalue weighted by molar-refractivity contribution is 7.99. The second kappa shape index (κ2) is 6.95. The summed E-state index contributed by atoms with van der Waals surface area (Å²) in [6.07, 6.45) is 2.32. The van der Waals surface area contributed by atoms with Crippen molar-refractivity contribution in [2.75, 3.05) is 18.6 Å². The highest BCUT2D eigenvalue weighted by Crippen LogP contribution is 2.39. The van der Waals surface area contributed by atoms with Gasteiger partial charge in [0.2, 0.25) is 5.76 Å². The molecule has 1 atom stereocenters. The smallest absolute Gasteiger partial charge is 0.374 e. The number of hydrogen-bond donors (Lipinski definition) is 1. The highest BCUT2D eigenvalue weighted by atomic mass is 32.2. The van der Waals surface area contributed by atoms with Crippen LogP contribution >= 0.6 is 11.8 Å². The molecule has 0 radical (unpaired) electrons. The minimum atomic E-state index is -1.16. The van der Waals surface area contributed by atoms with Crippen LogP contribution in [-0.2, 0) is 0 Å². The fraction of sp³-hybridized carbons (Fsp3) is 0.375. The number of hydrogen-bond acceptors (Lipinski definition) is 6. The average Bonchev–Trinajstić information content (AvgIpc) is 3.06. The molecule has 1 aliphatic rings. The Morgan fingerprint density at radius 1 is 1.48 bits per heavy atom. The maximum atomic E-state index is 10.9. The van der Waals surface area contributed by atoms with Crippen LogP contribution in [0.5, 0.6) is 11.5 Å². The molecule has 1 aromatic carbocycles. The third kappa shape index (κ3) is 3.44. The molecule has 122 valence electrons. The number of benzene rings is 1. The molecule has 0 saturated carbocycles. The summed E-state index contributed by atoms with van der Waals surface area (Å²) < 4.78 is 16.4. The third-order valence-corrected chi connectivity index (χ3v) is 4.78. The van der Waals surface area contributed by atoms with Gasteiger partial charge in [0.25, 0.3) is 0 Å². The van der Waals surface area contributed by atoms with Gasteiger partial charge in [0.1, 0.15) is 11.8 Å². The van der Waals surface area contributed by atoms with Gasteiger partial charge in [-0.1, -0.05) is 11.2 Å². The number of para-hydroxylation sites is 1. The predicted octanol–water partition coefficient (Wildman–Crippen LogP) is 3.32. The summed E-state index contributed by atoms with van der Waals surface area (Å²) in [5, 5.41) is 12.8. The molecule has 1 aliphatic heterocycles. The molecule has 0 spiro atoms. The number of carboxylic acid groups (broad SMARTS) is 1. The number of aromatic carboxylic acids is 1. The number of aromatic nitrogens is 1. The number of carbonyl (C=O) groups is 1. The monoisotopic (exact) mass is 335 g/mol. The Kier molecular flexibility index (Phi) is 4.76. The lowest BCUT2D eigenvalue weighted by molar-refractivity contribution is 0.0652. The van der Waals surface area contributed by atoms with E-state index < -0.39 is 5.97 Å². The van der Waals surface area contributed by atoms with E-state index in [4.69, 9.17) is 19.1 Å². The molecule has 2 aromatic rings. The van der Waals surface area contributed by atoms with Gasteiger partial charge in [0.15, 0.2) is 11.5 Å². The Morgan fingerprint density at radius 3 is 3.00 bits per heavy atom. The van der Waals surface area contributed by atoms with Crippen molar-refractivity contribution < 1.29 is 23.9 Å². The van der Waals surface area contributed by atoms with Crippen molar-refractivity contribution in [1.29, 1.82) is 0 Å². The van der Waals surface area contributed by atoms with Crippen LogP contribution in [0.2, 0.25) is 0 Å². The molecular weight excluding hydrogens is 318 g/mol. The summed E-state index contributed by atoms with van der Waals surface area (Å²) in [7, 11) is 1.56. The molecule has 7 heteroatoms. The first-order valence-electron chi connectivity index (χ1n) is 7.31. The lowest BCUT2D eigenvalue weighted by Crippen LogP contribution is -2.23. The van der Waals surface area contributed by atoms with Crippen LogP contribution in [0.15, 0.2) is 28.8 Å². The highest BCUT2D eigenvalue weighted by Gasteiger charge is 2.21. The van der Waals surface area contributed by atoms with Crippen LogP contribution in [-0.4, -0.2) is 41.0 Å². The van der Waals surface area contributed by atoms with E-state index in [-0.39, 0.29) is 11.9 Å². The van der Waals surface area contributed by atoms with Crippen LogP contribution < -0.4 is 9.47 Å². The van der Waals surface area contributed by atoms with Crippen molar-refractivity contribution in [2.45, 2.75) is 18.9 Å². The van der Waals surface area contributed by atoms with Crippen LogP contribution in [0.3, 0.4) is 0 Å². The standard InChI is InChI=1S/C16H17NO5S/c1-20-15-11(12-8-14(16(18)19)22-17-12)5-2-6-13(15)21-10-4-3-7-23-9-10/h2,5-6,8,10H,3-4,7,9H2,1H3,(H,18,19). The third-order valence-electron chi connectivity index (χ3n) is 3.59. The fourth-order valence-corrected chi connectivity index (χ4v) is 3.54. The maximum Gasteiger partial charge on any atom is 0.374 e. The first-order chi connectivity index (χ1) is 11.2. The lowest BCUT2D eigenvalue weighted by atomic mass is 10.1. The first kappa shape index (κ1) is 15.7. The Morgan fingerprint density at radius 2 is 2.35 bits per heavy atom. The minimum Gasteiger partial charge on any atom is -0.492 e. The molecule has 3 rings (SSSR count). The normalized spacial score (nSPS) is 17.7. The van der Waals surface area contributed by atoms with Gasteiger partial charge in [0, 0.05) is 17.4 Å². The largest absolute Gasteiger partial charge is 0.492 e. The summed E-state index contributed by atoms with van der Waals surface area (Å²) in [5.74, 6) is 1.94. The van der Waals surface area contributed by atoms with Gasteiger partial charge in [-0.25, -0.2) is 4.79 Å². The van der Waals surface area contributed by atoms with Crippen LogP contribution in [0.25, 0.3) is 11.3 Å². The van der Waals surface area contributed by atoms with Gasteiger partial charge in [0.05, 0.1) is 7.11 Å². The van der Waals surface area contributed by atoms with Crippen molar-refractivity contribution in [3.05, 3.63) is 30.0 Å². The number of thioether (sulfide) groups is 1. The summed E-state index contributed by atoms with van der Waals surface area (Å²) in [4.78, 5) is 10.9. The van der Waals surface area contributed by atoms with Crippen molar-refractivity contribution in [1.82, 2.24) is 5.16 Å². The van der Waals surface area contributed by atoms with Crippen molar-refractivity contribution >= 4 is 17.7 Å². The molecule has 1 unspecified atom stereocenters. The quantitative estimate of drug-likeness (QED) is 0.897. The first-order valence-corrected chi connectivity index (χ1v) is 8.46. The van der Waals surface area contributed by atoms with E-state index in [2.05, 4.69) is 5.16 Å². The van der Waals surface area contributed by atoms with E-state index in [1.54, 1.807) is 13.2 Å². The van der Waals surface area contributed by atoms with E-state index in [9.17, 15) is 4.79 Å². The molecular formula is C16H17NO5S. The van der Waals surface area contributed by atoms with E-state index in [1.807, 2.05) is 23.9 Å². The van der Waals surface area contributed by atoms with Gasteiger partial charge in [-0.15, -0.1) is 0 Å². The molecule has 1 N–H and O–H groups in total. The SMILES string of the molecule is COc1c(OC2CCCSC2)cccc1-c1cc(C(=O)O)on1. The molecule has 1 saturated heterocycles. The van der Waals surface area contributed by atoms with E-state index in [0.717, 1.165) is 18.6 Å². The van der Waals surface area contributed by atoms with Crippen molar-refractivity contribution in [3.8, 4) is 22.8 Å².